The highest BCUT2D eigenvalue weighted by atomic mass is 16.3. The molecule has 6 nitrogen and oxygen atoms in total. The fraction of sp³-hybridized carbons (Fsp3) is 0.500. The van der Waals surface area contributed by atoms with Gasteiger partial charge >= 0.3 is 0 Å². The molecule has 2 aromatic heterocycles. The number of nitrogens with zero attached hydrogens (tertiary/aromatic N) is 3. The Kier molecular flexibility index (Phi) is 5.19. The highest BCUT2D eigenvalue weighted by Gasteiger charge is 2.50. The largest absolute Gasteiger partial charge is 0.461 e. The number of benzene rings is 1. The minimum absolute atomic E-state index is 0.00534. The van der Waals surface area contributed by atoms with Gasteiger partial charge in [0.05, 0.1) is 17.8 Å². The highest BCUT2D eigenvalue weighted by molar-refractivity contribution is 5.96. The van der Waals surface area contributed by atoms with E-state index in [1.165, 1.54) is 44.1 Å². The zero-order chi connectivity index (χ0) is 24.3. The van der Waals surface area contributed by atoms with Crippen LogP contribution in [0.5, 0.6) is 0 Å². The van der Waals surface area contributed by atoms with Crippen molar-refractivity contribution in [2.45, 2.75) is 58.4 Å². The molecule has 3 aromatic rings. The van der Waals surface area contributed by atoms with Crippen molar-refractivity contribution in [2.75, 3.05) is 18.4 Å². The molecule has 4 aliphatic carbocycles. The van der Waals surface area contributed by atoms with E-state index in [0.29, 0.717) is 29.8 Å². The molecule has 1 aromatic carbocycles. The minimum Gasteiger partial charge on any atom is -0.461 e. The predicted molar refractivity (Wildman–Crippen MR) is 138 cm³/mol. The number of aryl methyl sites for hydroxylation is 1. The molecule has 4 saturated carbocycles. The lowest BCUT2D eigenvalue weighted by Gasteiger charge is -2.57. The van der Waals surface area contributed by atoms with Gasteiger partial charge < -0.3 is 14.6 Å². The van der Waals surface area contributed by atoms with Gasteiger partial charge in [0.25, 0.3) is 5.91 Å². The quantitative estimate of drug-likeness (QED) is 0.492. The summed E-state index contributed by atoms with van der Waals surface area (Å²) in [6.45, 7) is 4.07. The number of anilines is 1. The third-order valence-electron chi connectivity index (χ3n) is 9.30. The van der Waals surface area contributed by atoms with Gasteiger partial charge in [-0.25, -0.2) is 9.97 Å². The van der Waals surface area contributed by atoms with Crippen LogP contribution in [0.3, 0.4) is 0 Å². The van der Waals surface area contributed by atoms with Gasteiger partial charge in [-0.3, -0.25) is 4.79 Å². The van der Waals surface area contributed by atoms with Crippen LogP contribution in [0.15, 0.2) is 47.1 Å². The molecule has 6 heteroatoms. The van der Waals surface area contributed by atoms with Gasteiger partial charge in [-0.1, -0.05) is 30.3 Å². The van der Waals surface area contributed by atoms with Crippen LogP contribution < -0.4 is 5.32 Å². The first-order valence-electron chi connectivity index (χ1n) is 13.6. The molecule has 8 rings (SSSR count). The Bertz CT molecular complexity index is 1260. The molecule has 36 heavy (non-hydrogen) atoms. The number of hydrogen-bond donors (Lipinski definition) is 1. The van der Waals surface area contributed by atoms with Crippen molar-refractivity contribution >= 4 is 11.7 Å². The Morgan fingerprint density at radius 3 is 2.53 bits per heavy atom. The van der Waals surface area contributed by atoms with Gasteiger partial charge in [0.1, 0.15) is 23.7 Å². The summed E-state index contributed by atoms with van der Waals surface area (Å²) in [7, 11) is 0. The number of hydrogen-bond acceptors (Lipinski definition) is 5. The number of rotatable bonds is 5. The van der Waals surface area contributed by atoms with Gasteiger partial charge in [0.2, 0.25) is 0 Å². The van der Waals surface area contributed by atoms with E-state index in [1.807, 2.05) is 48.2 Å². The lowest BCUT2D eigenvalue weighted by atomic mass is 9.49. The maximum atomic E-state index is 13.5. The van der Waals surface area contributed by atoms with Crippen LogP contribution in [0.2, 0.25) is 0 Å². The zero-order valence-electron chi connectivity index (χ0n) is 21.0. The standard InChI is InChI=1S/C30H34N4O2/c1-19-25(12-27(36-19)23-5-3-2-4-6-23)29(35)34-8-7-24-26(16-34)32-18-33-28(24)31-17-30-13-20-9-21(14-30)11-22(10-20)15-30/h2-6,12,18,20-22H,7-11,13-17H2,1H3,(H,31,32,33). The number of aromatic nitrogens is 2. The first kappa shape index (κ1) is 22.1. The summed E-state index contributed by atoms with van der Waals surface area (Å²) in [6.07, 6.45) is 11.0. The Hall–Kier alpha value is -3.15. The normalized spacial score (nSPS) is 28.2. The average Bonchev–Trinajstić information content (AvgIpc) is 3.28. The monoisotopic (exact) mass is 482 g/mol. The second-order valence-electron chi connectivity index (χ2n) is 11.8. The lowest BCUT2D eigenvalue weighted by molar-refractivity contribution is -0.0444. The summed E-state index contributed by atoms with van der Waals surface area (Å²) in [4.78, 5) is 24.6. The smallest absolute Gasteiger partial charge is 0.257 e. The molecule has 1 N–H and O–H groups in total. The number of fused-ring (bicyclic) bond motifs is 1. The van der Waals surface area contributed by atoms with E-state index in [2.05, 4.69) is 15.3 Å². The van der Waals surface area contributed by atoms with Gasteiger partial charge in [0, 0.05) is 24.2 Å². The summed E-state index contributed by atoms with van der Waals surface area (Å²) < 4.78 is 5.95. The maximum Gasteiger partial charge on any atom is 0.257 e. The Labute approximate surface area is 212 Å². The zero-order valence-corrected chi connectivity index (χ0v) is 21.0. The van der Waals surface area contributed by atoms with E-state index < -0.39 is 0 Å². The molecule has 0 saturated heterocycles. The van der Waals surface area contributed by atoms with Gasteiger partial charge in [0.15, 0.2) is 0 Å². The fourth-order valence-electron chi connectivity index (χ4n) is 8.07. The Morgan fingerprint density at radius 2 is 1.81 bits per heavy atom. The van der Waals surface area contributed by atoms with Crippen LogP contribution in [-0.2, 0) is 13.0 Å². The minimum atomic E-state index is 0.00534. The highest BCUT2D eigenvalue weighted by Crippen LogP contribution is 2.60. The molecule has 3 heterocycles. The van der Waals surface area contributed by atoms with Crippen LogP contribution in [0.1, 0.15) is 65.9 Å². The predicted octanol–water partition coefficient (Wildman–Crippen LogP) is 5.87. The maximum absolute atomic E-state index is 13.5. The summed E-state index contributed by atoms with van der Waals surface area (Å²) in [6, 6.07) is 11.8. The van der Waals surface area contributed by atoms with Crippen molar-refractivity contribution in [3.05, 3.63) is 65.3 Å². The van der Waals surface area contributed by atoms with Gasteiger partial charge in [-0.15, -0.1) is 0 Å². The number of amides is 1. The van der Waals surface area contributed by atoms with Gasteiger partial charge in [-0.2, -0.15) is 0 Å². The number of furan rings is 1. The van der Waals surface area contributed by atoms with E-state index in [-0.39, 0.29) is 5.91 Å². The second kappa shape index (κ2) is 8.46. The summed E-state index contributed by atoms with van der Waals surface area (Å²) >= 11 is 0. The molecule has 0 atom stereocenters. The van der Waals surface area contributed by atoms with E-state index >= 15 is 0 Å². The van der Waals surface area contributed by atoms with E-state index in [9.17, 15) is 4.79 Å². The first-order chi connectivity index (χ1) is 17.6. The van der Waals surface area contributed by atoms with Crippen molar-refractivity contribution in [3.63, 3.8) is 0 Å². The van der Waals surface area contributed by atoms with Crippen molar-refractivity contribution < 1.29 is 9.21 Å². The number of carbonyl (C=O) groups is 1. The van der Waals surface area contributed by atoms with Crippen LogP contribution in [0, 0.1) is 30.1 Å². The molecule has 5 aliphatic rings. The van der Waals surface area contributed by atoms with Crippen LogP contribution in [0.4, 0.5) is 5.82 Å². The summed E-state index contributed by atoms with van der Waals surface area (Å²) in [5.41, 5.74) is 4.21. The summed E-state index contributed by atoms with van der Waals surface area (Å²) in [5, 5.41) is 3.77. The molecule has 4 bridgehead atoms. The number of nitrogens with one attached hydrogen (secondary N) is 1. The molecular formula is C30H34N4O2. The third kappa shape index (κ3) is 3.82. The SMILES string of the molecule is Cc1oc(-c2ccccc2)cc1C(=O)N1CCc2c(ncnc2NCC23CC4CC(CC(C4)C2)C3)C1. The topological polar surface area (TPSA) is 71.3 Å². The van der Waals surface area contributed by atoms with Crippen LogP contribution in [0.25, 0.3) is 11.3 Å². The van der Waals surface area contributed by atoms with E-state index in [1.54, 1.807) is 6.33 Å². The molecule has 1 amide bonds. The average molecular weight is 483 g/mol. The van der Waals surface area contributed by atoms with Crippen molar-refractivity contribution in [1.82, 2.24) is 14.9 Å². The fourth-order valence-corrected chi connectivity index (χ4v) is 8.07. The first-order valence-corrected chi connectivity index (χ1v) is 13.6. The van der Waals surface area contributed by atoms with Gasteiger partial charge in [-0.05, 0) is 81.1 Å². The third-order valence-corrected chi connectivity index (χ3v) is 9.30. The van der Waals surface area contributed by atoms with Crippen molar-refractivity contribution in [1.29, 1.82) is 0 Å². The van der Waals surface area contributed by atoms with Crippen LogP contribution in [-0.4, -0.2) is 33.9 Å². The molecule has 4 fully saturated rings. The van der Waals surface area contributed by atoms with E-state index in [0.717, 1.165) is 53.6 Å². The molecule has 186 valence electrons. The van der Waals surface area contributed by atoms with Crippen molar-refractivity contribution in [3.8, 4) is 11.3 Å². The van der Waals surface area contributed by atoms with E-state index in [4.69, 9.17) is 4.42 Å². The molecule has 0 spiro atoms. The molecule has 0 unspecified atom stereocenters. The molecule has 0 radical (unpaired) electrons. The number of carbonyl (C=O) groups excluding carboxylic acids is 1. The van der Waals surface area contributed by atoms with Crippen LogP contribution >= 0.6 is 0 Å². The lowest BCUT2D eigenvalue weighted by Crippen LogP contribution is -2.49. The second-order valence-corrected chi connectivity index (χ2v) is 11.8. The Balaban J connectivity index is 1.06. The Morgan fingerprint density at radius 1 is 1.08 bits per heavy atom. The molecule has 1 aliphatic heterocycles. The molecular weight excluding hydrogens is 448 g/mol. The van der Waals surface area contributed by atoms with Crippen molar-refractivity contribution in [2.24, 2.45) is 23.2 Å². The summed E-state index contributed by atoms with van der Waals surface area (Å²) in [5.74, 6) is 5.22.